The van der Waals surface area contributed by atoms with Gasteiger partial charge in [-0.25, -0.2) is 4.98 Å². The summed E-state index contributed by atoms with van der Waals surface area (Å²) in [5, 5.41) is 0. The van der Waals surface area contributed by atoms with E-state index in [1.807, 2.05) is 9.80 Å². The Hall–Kier alpha value is -1.83. The molecule has 1 aliphatic heterocycles. The van der Waals surface area contributed by atoms with Crippen molar-refractivity contribution in [1.29, 1.82) is 0 Å². The summed E-state index contributed by atoms with van der Waals surface area (Å²) in [4.78, 5) is 18.8. The Kier molecular flexibility index (Phi) is 4.36. The minimum absolute atomic E-state index is 0.340. The number of nitrogens with zero attached hydrogens (tertiary/aromatic N) is 3. The molecule has 2 rings (SSSR count). The van der Waals surface area contributed by atoms with Crippen molar-refractivity contribution in [1.82, 2.24) is 9.88 Å². The van der Waals surface area contributed by atoms with Crippen molar-refractivity contribution in [2.75, 3.05) is 31.1 Å². The van der Waals surface area contributed by atoms with Gasteiger partial charge in [0.15, 0.2) is 0 Å². The molecule has 1 aromatic heterocycles. The van der Waals surface area contributed by atoms with Gasteiger partial charge in [0.05, 0.1) is 11.6 Å². The van der Waals surface area contributed by atoms with Gasteiger partial charge >= 0.3 is 6.18 Å². The summed E-state index contributed by atoms with van der Waals surface area (Å²) in [5.41, 5.74) is 4.50. The van der Waals surface area contributed by atoms with Crippen LogP contribution in [0.4, 0.5) is 19.0 Å². The summed E-state index contributed by atoms with van der Waals surface area (Å²) < 4.78 is 37.4. The second kappa shape index (κ2) is 5.88. The van der Waals surface area contributed by atoms with Crippen LogP contribution in [0.5, 0.6) is 0 Å². The Bertz CT molecular complexity index is 495. The first-order chi connectivity index (χ1) is 9.79. The number of hydrogen-bond donors (Lipinski definition) is 1. The van der Waals surface area contributed by atoms with Crippen LogP contribution in [0, 0.1) is 0 Å². The number of piperazine rings is 1. The lowest BCUT2D eigenvalue weighted by molar-refractivity contribution is -0.137. The largest absolute Gasteiger partial charge is 0.417 e. The van der Waals surface area contributed by atoms with E-state index < -0.39 is 11.7 Å². The van der Waals surface area contributed by atoms with E-state index in [1.165, 1.54) is 6.07 Å². The molecular weight excluding hydrogens is 285 g/mol. The molecule has 2 heterocycles. The molecule has 0 bridgehead atoms. The zero-order chi connectivity index (χ0) is 15.6. The van der Waals surface area contributed by atoms with Crippen molar-refractivity contribution in [3.05, 3.63) is 23.9 Å². The number of carbonyl (C=O) groups is 1. The second-order valence-corrected chi connectivity index (χ2v) is 5.00. The highest BCUT2D eigenvalue weighted by atomic mass is 19.4. The number of aromatic nitrogens is 1. The van der Waals surface area contributed by atoms with Crippen LogP contribution < -0.4 is 10.6 Å². The number of primary amides is 1. The van der Waals surface area contributed by atoms with Gasteiger partial charge in [-0.1, -0.05) is 0 Å². The number of pyridine rings is 1. The molecule has 1 amide bonds. The molecular formula is C13H17F3N4O. The summed E-state index contributed by atoms with van der Waals surface area (Å²) in [6.07, 6.45) is -3.53. The zero-order valence-electron chi connectivity index (χ0n) is 11.6. The molecule has 21 heavy (non-hydrogen) atoms. The lowest BCUT2D eigenvalue weighted by Gasteiger charge is -2.37. The van der Waals surface area contributed by atoms with Gasteiger partial charge < -0.3 is 10.6 Å². The normalized spacial score (nSPS) is 18.6. The predicted molar refractivity (Wildman–Crippen MR) is 71.7 cm³/mol. The Morgan fingerprint density at radius 2 is 1.90 bits per heavy atom. The lowest BCUT2D eigenvalue weighted by Crippen LogP contribution is -2.53. The molecule has 0 unspecified atom stereocenters. The van der Waals surface area contributed by atoms with Crippen molar-refractivity contribution in [2.45, 2.75) is 19.1 Å². The van der Waals surface area contributed by atoms with E-state index >= 15 is 0 Å². The van der Waals surface area contributed by atoms with Crippen molar-refractivity contribution < 1.29 is 18.0 Å². The maximum absolute atomic E-state index is 12.5. The summed E-state index contributed by atoms with van der Waals surface area (Å²) in [6, 6.07) is 2.06. The van der Waals surface area contributed by atoms with E-state index in [0.717, 1.165) is 12.3 Å². The Morgan fingerprint density at radius 3 is 2.33 bits per heavy atom. The van der Waals surface area contributed by atoms with Gasteiger partial charge in [-0.2, -0.15) is 13.2 Å². The standard InChI is InChI=1S/C13H17F3N4O/c1-9(12(17)21)19-4-6-20(7-5-19)11-3-2-10(8-18-11)13(14,15)16/h2-3,8-9H,4-7H2,1H3,(H2,17,21)/t9-/m1/s1. The van der Waals surface area contributed by atoms with Crippen molar-refractivity contribution in [3.63, 3.8) is 0 Å². The molecule has 116 valence electrons. The van der Waals surface area contributed by atoms with Gasteiger partial charge in [0.1, 0.15) is 5.82 Å². The number of hydrogen-bond acceptors (Lipinski definition) is 4. The highest BCUT2D eigenvalue weighted by molar-refractivity contribution is 5.79. The molecule has 0 spiro atoms. The third kappa shape index (κ3) is 3.63. The molecule has 1 fully saturated rings. The molecule has 0 aromatic carbocycles. The van der Waals surface area contributed by atoms with Crippen LogP contribution in [-0.2, 0) is 11.0 Å². The van der Waals surface area contributed by atoms with Crippen LogP contribution in [0.1, 0.15) is 12.5 Å². The Morgan fingerprint density at radius 1 is 1.29 bits per heavy atom. The number of rotatable bonds is 3. The van der Waals surface area contributed by atoms with E-state index in [0.29, 0.717) is 32.0 Å². The Balaban J connectivity index is 1.98. The molecule has 2 N–H and O–H groups in total. The van der Waals surface area contributed by atoms with E-state index in [-0.39, 0.29) is 11.9 Å². The summed E-state index contributed by atoms with van der Waals surface area (Å²) >= 11 is 0. The number of halogens is 3. The van der Waals surface area contributed by atoms with E-state index in [2.05, 4.69) is 4.98 Å². The second-order valence-electron chi connectivity index (χ2n) is 5.00. The molecule has 1 atom stereocenters. The van der Waals surface area contributed by atoms with Crippen LogP contribution in [0.2, 0.25) is 0 Å². The number of alkyl halides is 3. The average Bonchev–Trinajstić information content (AvgIpc) is 2.46. The van der Waals surface area contributed by atoms with Gasteiger partial charge in [-0.05, 0) is 19.1 Å². The van der Waals surface area contributed by atoms with Crippen molar-refractivity contribution in [3.8, 4) is 0 Å². The SMILES string of the molecule is C[C@H](C(N)=O)N1CCN(c2ccc(C(F)(F)F)cn2)CC1. The molecule has 0 radical (unpaired) electrons. The third-order valence-electron chi connectivity index (χ3n) is 3.67. The van der Waals surface area contributed by atoms with E-state index in [1.54, 1.807) is 6.92 Å². The lowest BCUT2D eigenvalue weighted by atomic mass is 10.2. The first-order valence-electron chi connectivity index (χ1n) is 6.60. The molecule has 1 saturated heterocycles. The molecule has 1 aromatic rings. The molecule has 1 aliphatic rings. The van der Waals surface area contributed by atoms with Crippen LogP contribution in [0.25, 0.3) is 0 Å². The molecule has 8 heteroatoms. The Labute approximate surface area is 120 Å². The fraction of sp³-hybridized carbons (Fsp3) is 0.538. The molecule has 0 saturated carbocycles. The number of carbonyl (C=O) groups excluding carboxylic acids is 1. The van der Waals surface area contributed by atoms with Crippen LogP contribution in [0.15, 0.2) is 18.3 Å². The smallest absolute Gasteiger partial charge is 0.368 e. The van der Waals surface area contributed by atoms with Crippen LogP contribution >= 0.6 is 0 Å². The monoisotopic (exact) mass is 302 g/mol. The van der Waals surface area contributed by atoms with Crippen LogP contribution in [-0.4, -0.2) is 48.0 Å². The summed E-state index contributed by atoms with van der Waals surface area (Å²) in [6.45, 7) is 4.17. The van der Waals surface area contributed by atoms with Gasteiger partial charge in [-0.15, -0.1) is 0 Å². The van der Waals surface area contributed by atoms with Gasteiger partial charge in [-0.3, -0.25) is 9.69 Å². The minimum atomic E-state index is -4.37. The minimum Gasteiger partial charge on any atom is -0.368 e. The quantitative estimate of drug-likeness (QED) is 0.908. The number of nitrogens with two attached hydrogens (primary N) is 1. The third-order valence-corrected chi connectivity index (χ3v) is 3.67. The fourth-order valence-electron chi connectivity index (χ4n) is 2.26. The van der Waals surface area contributed by atoms with Crippen LogP contribution in [0.3, 0.4) is 0 Å². The fourth-order valence-corrected chi connectivity index (χ4v) is 2.26. The van der Waals surface area contributed by atoms with Gasteiger partial charge in [0, 0.05) is 32.4 Å². The topological polar surface area (TPSA) is 62.5 Å². The maximum Gasteiger partial charge on any atom is 0.417 e. The summed E-state index contributed by atoms with van der Waals surface area (Å²) in [5.74, 6) is 0.130. The first-order valence-corrected chi connectivity index (χ1v) is 6.60. The van der Waals surface area contributed by atoms with Gasteiger partial charge in [0.25, 0.3) is 0 Å². The highest BCUT2D eigenvalue weighted by Crippen LogP contribution is 2.29. The number of anilines is 1. The van der Waals surface area contributed by atoms with E-state index in [9.17, 15) is 18.0 Å². The average molecular weight is 302 g/mol. The number of amides is 1. The highest BCUT2D eigenvalue weighted by Gasteiger charge is 2.31. The zero-order valence-corrected chi connectivity index (χ0v) is 11.6. The maximum atomic E-state index is 12.5. The van der Waals surface area contributed by atoms with Gasteiger partial charge in [0.2, 0.25) is 5.91 Å². The first kappa shape index (κ1) is 15.6. The summed E-state index contributed by atoms with van der Waals surface area (Å²) in [7, 11) is 0. The van der Waals surface area contributed by atoms with Crippen molar-refractivity contribution in [2.24, 2.45) is 5.73 Å². The van der Waals surface area contributed by atoms with Crippen molar-refractivity contribution >= 4 is 11.7 Å². The predicted octanol–water partition coefficient (Wildman–Crippen LogP) is 1.10. The van der Waals surface area contributed by atoms with E-state index in [4.69, 9.17) is 5.73 Å². The molecule has 0 aliphatic carbocycles. The molecule has 5 nitrogen and oxygen atoms in total.